The van der Waals surface area contributed by atoms with E-state index in [4.69, 9.17) is 5.73 Å². The van der Waals surface area contributed by atoms with Crippen molar-refractivity contribution in [3.8, 4) is 0 Å². The molecular formula is C10H13BrFN3. The van der Waals surface area contributed by atoms with Crippen LogP contribution in [0.3, 0.4) is 0 Å². The Balaban J connectivity index is 1.88. The third-order valence-electron chi connectivity index (χ3n) is 2.64. The van der Waals surface area contributed by atoms with Gasteiger partial charge in [-0.05, 0) is 40.8 Å². The fourth-order valence-electron chi connectivity index (χ4n) is 1.74. The van der Waals surface area contributed by atoms with Crippen LogP contribution >= 0.6 is 15.9 Å². The van der Waals surface area contributed by atoms with Crippen molar-refractivity contribution in [3.63, 3.8) is 0 Å². The number of nitrogens with zero attached hydrogens (tertiary/aromatic N) is 1. The van der Waals surface area contributed by atoms with Crippen molar-refractivity contribution in [2.75, 3.05) is 11.9 Å². The van der Waals surface area contributed by atoms with E-state index in [1.807, 2.05) is 0 Å². The van der Waals surface area contributed by atoms with Crippen LogP contribution in [0.4, 0.5) is 10.2 Å². The Bertz CT molecular complexity index is 353. The van der Waals surface area contributed by atoms with E-state index >= 15 is 0 Å². The fraction of sp³-hybridized carbons (Fsp3) is 0.500. The lowest BCUT2D eigenvalue weighted by molar-refractivity contribution is 0.279. The van der Waals surface area contributed by atoms with E-state index in [1.54, 1.807) is 6.20 Å². The first kappa shape index (κ1) is 10.8. The van der Waals surface area contributed by atoms with Crippen molar-refractivity contribution in [2.24, 2.45) is 11.7 Å². The molecule has 0 aromatic carbocycles. The number of halogens is 2. The van der Waals surface area contributed by atoms with Crippen LogP contribution in [-0.2, 0) is 0 Å². The van der Waals surface area contributed by atoms with Gasteiger partial charge < -0.3 is 11.1 Å². The summed E-state index contributed by atoms with van der Waals surface area (Å²) in [7, 11) is 0. The molecule has 3 nitrogen and oxygen atoms in total. The first-order valence-corrected chi connectivity index (χ1v) is 5.75. The Morgan fingerprint density at radius 2 is 2.33 bits per heavy atom. The molecule has 0 atom stereocenters. The van der Waals surface area contributed by atoms with Crippen LogP contribution in [0.5, 0.6) is 0 Å². The van der Waals surface area contributed by atoms with Crippen molar-refractivity contribution in [3.05, 3.63) is 22.6 Å². The van der Waals surface area contributed by atoms with E-state index in [9.17, 15) is 4.39 Å². The maximum absolute atomic E-state index is 13.3. The highest BCUT2D eigenvalue weighted by Crippen LogP contribution is 2.26. The first-order valence-electron chi connectivity index (χ1n) is 4.95. The van der Waals surface area contributed by atoms with Crippen LogP contribution in [-0.4, -0.2) is 17.6 Å². The molecule has 1 aromatic rings. The predicted octanol–water partition coefficient (Wildman–Crippen LogP) is 2.13. The van der Waals surface area contributed by atoms with E-state index < -0.39 is 0 Å². The summed E-state index contributed by atoms with van der Waals surface area (Å²) in [6.45, 7) is 0.749. The Morgan fingerprint density at radius 3 is 2.93 bits per heavy atom. The third-order valence-corrected chi connectivity index (χ3v) is 3.07. The number of rotatable bonds is 3. The number of nitrogens with two attached hydrogens (primary N) is 1. The number of anilines is 1. The van der Waals surface area contributed by atoms with Gasteiger partial charge in [0.15, 0.2) is 11.6 Å². The van der Waals surface area contributed by atoms with Gasteiger partial charge in [0.2, 0.25) is 0 Å². The summed E-state index contributed by atoms with van der Waals surface area (Å²) in [4.78, 5) is 3.96. The van der Waals surface area contributed by atoms with Crippen molar-refractivity contribution in [1.29, 1.82) is 0 Å². The molecule has 0 aliphatic heterocycles. The average molecular weight is 274 g/mol. The molecule has 1 aliphatic rings. The quantitative estimate of drug-likeness (QED) is 0.887. The van der Waals surface area contributed by atoms with Crippen LogP contribution in [0.25, 0.3) is 0 Å². The lowest BCUT2D eigenvalue weighted by Crippen LogP contribution is -2.39. The monoisotopic (exact) mass is 273 g/mol. The summed E-state index contributed by atoms with van der Waals surface area (Å²) in [6, 6.07) is 1.74. The summed E-state index contributed by atoms with van der Waals surface area (Å²) < 4.78 is 14.0. The van der Waals surface area contributed by atoms with Crippen LogP contribution in [0.2, 0.25) is 0 Å². The Morgan fingerprint density at radius 1 is 1.60 bits per heavy atom. The van der Waals surface area contributed by atoms with Gasteiger partial charge in [-0.2, -0.15) is 0 Å². The molecule has 1 aliphatic carbocycles. The molecule has 0 amide bonds. The summed E-state index contributed by atoms with van der Waals surface area (Å²) >= 11 is 3.16. The molecule has 3 N–H and O–H groups in total. The molecule has 0 unspecified atom stereocenters. The van der Waals surface area contributed by atoms with Gasteiger partial charge in [0.1, 0.15) is 0 Å². The molecule has 82 valence electrons. The summed E-state index contributed by atoms with van der Waals surface area (Å²) in [6.07, 6.45) is 3.62. The van der Waals surface area contributed by atoms with Crippen molar-refractivity contribution in [2.45, 2.75) is 18.9 Å². The minimum Gasteiger partial charge on any atom is -0.367 e. The van der Waals surface area contributed by atoms with E-state index in [1.165, 1.54) is 6.07 Å². The van der Waals surface area contributed by atoms with Crippen molar-refractivity contribution < 1.29 is 4.39 Å². The summed E-state index contributed by atoms with van der Waals surface area (Å²) in [5.74, 6) is 0.552. The van der Waals surface area contributed by atoms with E-state index in [-0.39, 0.29) is 5.82 Å². The average Bonchev–Trinajstić information content (AvgIpc) is 2.13. The Labute approximate surface area is 96.4 Å². The van der Waals surface area contributed by atoms with Crippen LogP contribution < -0.4 is 11.1 Å². The molecule has 1 aromatic heterocycles. The predicted molar refractivity (Wildman–Crippen MR) is 61.1 cm³/mol. The van der Waals surface area contributed by atoms with Gasteiger partial charge in [-0.1, -0.05) is 0 Å². The summed E-state index contributed by atoms with van der Waals surface area (Å²) in [5.41, 5.74) is 5.66. The second-order valence-electron chi connectivity index (χ2n) is 3.96. The van der Waals surface area contributed by atoms with Crippen LogP contribution in [0.1, 0.15) is 12.8 Å². The highest BCUT2D eigenvalue weighted by Gasteiger charge is 2.25. The molecule has 1 heterocycles. The SMILES string of the molecule is NC1CC(CNc2ncc(Br)cc2F)C1. The van der Waals surface area contributed by atoms with Gasteiger partial charge in [-0.15, -0.1) is 0 Å². The highest BCUT2D eigenvalue weighted by atomic mass is 79.9. The molecule has 2 rings (SSSR count). The molecule has 1 saturated carbocycles. The largest absolute Gasteiger partial charge is 0.367 e. The highest BCUT2D eigenvalue weighted by molar-refractivity contribution is 9.10. The number of hydrogen-bond donors (Lipinski definition) is 2. The van der Waals surface area contributed by atoms with Gasteiger partial charge in [-0.3, -0.25) is 0 Å². The number of hydrogen-bond acceptors (Lipinski definition) is 3. The maximum atomic E-state index is 13.3. The topological polar surface area (TPSA) is 50.9 Å². The van der Waals surface area contributed by atoms with Crippen molar-refractivity contribution in [1.82, 2.24) is 4.98 Å². The zero-order valence-electron chi connectivity index (χ0n) is 8.21. The lowest BCUT2D eigenvalue weighted by Gasteiger charge is -2.32. The number of nitrogens with one attached hydrogen (secondary N) is 1. The van der Waals surface area contributed by atoms with Gasteiger partial charge in [0.25, 0.3) is 0 Å². The second-order valence-corrected chi connectivity index (χ2v) is 4.88. The summed E-state index contributed by atoms with van der Waals surface area (Å²) in [5, 5.41) is 3.00. The molecule has 1 fully saturated rings. The van der Waals surface area contributed by atoms with Gasteiger partial charge in [0.05, 0.1) is 0 Å². The Kier molecular flexibility index (Phi) is 3.21. The molecular weight excluding hydrogens is 261 g/mol. The van der Waals surface area contributed by atoms with E-state index in [0.717, 1.165) is 19.4 Å². The lowest BCUT2D eigenvalue weighted by atomic mass is 9.81. The van der Waals surface area contributed by atoms with E-state index in [2.05, 4.69) is 26.2 Å². The van der Waals surface area contributed by atoms with Gasteiger partial charge in [-0.25, -0.2) is 9.37 Å². The third kappa shape index (κ3) is 2.66. The first-order chi connectivity index (χ1) is 7.15. The molecule has 0 radical (unpaired) electrons. The zero-order chi connectivity index (χ0) is 10.8. The van der Waals surface area contributed by atoms with E-state index in [0.29, 0.717) is 22.3 Å². The van der Waals surface area contributed by atoms with Crippen LogP contribution in [0.15, 0.2) is 16.7 Å². The second kappa shape index (κ2) is 4.45. The minimum absolute atomic E-state index is 0.318. The van der Waals surface area contributed by atoms with Gasteiger partial charge >= 0.3 is 0 Å². The number of pyridine rings is 1. The molecule has 0 bridgehead atoms. The maximum Gasteiger partial charge on any atom is 0.166 e. The number of aromatic nitrogens is 1. The Hall–Kier alpha value is -0.680. The standard InChI is InChI=1S/C10H13BrFN3/c11-7-3-9(12)10(15-5-7)14-4-6-1-8(13)2-6/h3,5-6,8H,1-2,4,13H2,(H,14,15). The minimum atomic E-state index is -0.326. The molecule has 0 saturated heterocycles. The fourth-order valence-corrected chi connectivity index (χ4v) is 2.04. The molecule has 15 heavy (non-hydrogen) atoms. The molecule has 0 spiro atoms. The van der Waals surface area contributed by atoms with Crippen molar-refractivity contribution >= 4 is 21.7 Å². The van der Waals surface area contributed by atoms with Gasteiger partial charge in [0, 0.05) is 23.3 Å². The smallest absolute Gasteiger partial charge is 0.166 e. The zero-order valence-corrected chi connectivity index (χ0v) is 9.80. The molecule has 5 heteroatoms. The van der Waals surface area contributed by atoms with Crippen LogP contribution in [0, 0.1) is 11.7 Å². The normalized spacial score (nSPS) is 24.7.